The highest BCUT2D eigenvalue weighted by atomic mass is 35.5. The summed E-state index contributed by atoms with van der Waals surface area (Å²) in [4.78, 5) is 0. The highest BCUT2D eigenvalue weighted by Gasteiger charge is 2.32. The summed E-state index contributed by atoms with van der Waals surface area (Å²) in [7, 11) is 1.58. The first kappa shape index (κ1) is 15.9. The van der Waals surface area contributed by atoms with Gasteiger partial charge in [0.15, 0.2) is 0 Å². The monoisotopic (exact) mass is 312 g/mol. The lowest BCUT2D eigenvalue weighted by atomic mass is 9.91. The van der Waals surface area contributed by atoms with E-state index in [0.29, 0.717) is 35.0 Å². The Kier molecular flexibility index (Phi) is 4.66. The summed E-state index contributed by atoms with van der Waals surface area (Å²) in [5.74, 6) is -0.369. The molecule has 1 aromatic heterocycles. The quantitative estimate of drug-likeness (QED) is 0.923. The van der Waals surface area contributed by atoms with Crippen molar-refractivity contribution < 1.29 is 14.2 Å². The number of aryl methyl sites for hydroxylation is 1. The van der Waals surface area contributed by atoms with E-state index < -0.39 is 5.60 Å². The molecule has 1 N–H and O–H groups in total. The van der Waals surface area contributed by atoms with Gasteiger partial charge in [0.05, 0.1) is 30.1 Å². The number of hydrogen-bond donors (Lipinski definition) is 1. The van der Waals surface area contributed by atoms with Crippen LogP contribution in [0.4, 0.5) is 4.39 Å². The van der Waals surface area contributed by atoms with Crippen LogP contribution >= 0.6 is 11.6 Å². The van der Waals surface area contributed by atoms with Crippen LogP contribution in [0.5, 0.6) is 0 Å². The molecular weight excluding hydrogens is 295 g/mol. The molecular formula is C15H18ClFN2O2. The minimum Gasteiger partial charge on any atom is -0.383 e. The molecule has 1 atom stereocenters. The fraction of sp³-hybridized carbons (Fsp3) is 0.400. The van der Waals surface area contributed by atoms with Gasteiger partial charge in [-0.1, -0.05) is 23.7 Å². The third kappa shape index (κ3) is 3.10. The molecule has 1 aromatic carbocycles. The number of benzene rings is 1. The molecule has 0 saturated heterocycles. The number of nitrogens with zero attached hydrogens (tertiary/aromatic N) is 2. The highest BCUT2D eigenvalue weighted by Crippen LogP contribution is 2.34. The van der Waals surface area contributed by atoms with Crippen molar-refractivity contribution in [1.29, 1.82) is 0 Å². The van der Waals surface area contributed by atoms with Crippen LogP contribution in [-0.4, -0.2) is 28.6 Å². The average Bonchev–Trinajstić information content (AvgIpc) is 2.81. The lowest BCUT2D eigenvalue weighted by molar-refractivity contribution is 0.0880. The lowest BCUT2D eigenvalue weighted by Gasteiger charge is -2.26. The SMILES string of the molecule is COCCn1ncc(Cl)c1C(C)(O)c1ccc(C)c(F)c1. The third-order valence-electron chi connectivity index (χ3n) is 3.50. The predicted molar refractivity (Wildman–Crippen MR) is 78.9 cm³/mol. The third-order valence-corrected chi connectivity index (χ3v) is 3.77. The van der Waals surface area contributed by atoms with Crippen LogP contribution in [0.1, 0.15) is 23.7 Å². The fourth-order valence-electron chi connectivity index (χ4n) is 2.23. The number of rotatable bonds is 5. The largest absolute Gasteiger partial charge is 0.383 e. The average molecular weight is 313 g/mol. The molecule has 0 aliphatic carbocycles. The number of ether oxygens (including phenoxy) is 1. The number of hydrogen-bond acceptors (Lipinski definition) is 3. The number of aromatic nitrogens is 2. The molecule has 1 unspecified atom stereocenters. The molecule has 2 rings (SSSR count). The Morgan fingerprint density at radius 1 is 1.48 bits per heavy atom. The first-order valence-electron chi connectivity index (χ1n) is 6.57. The maximum absolute atomic E-state index is 13.8. The zero-order valence-corrected chi connectivity index (χ0v) is 13.0. The van der Waals surface area contributed by atoms with Crippen molar-refractivity contribution in [1.82, 2.24) is 9.78 Å². The van der Waals surface area contributed by atoms with E-state index in [2.05, 4.69) is 5.10 Å². The van der Waals surface area contributed by atoms with Crippen LogP contribution in [0.2, 0.25) is 5.02 Å². The summed E-state index contributed by atoms with van der Waals surface area (Å²) in [6.07, 6.45) is 1.46. The Morgan fingerprint density at radius 2 is 2.19 bits per heavy atom. The Hall–Kier alpha value is -1.43. The molecule has 0 aliphatic heterocycles. The van der Waals surface area contributed by atoms with Gasteiger partial charge in [0.1, 0.15) is 11.4 Å². The van der Waals surface area contributed by atoms with Gasteiger partial charge in [0.25, 0.3) is 0 Å². The molecule has 6 heteroatoms. The second-order valence-corrected chi connectivity index (χ2v) is 5.50. The van der Waals surface area contributed by atoms with E-state index in [9.17, 15) is 9.50 Å². The molecule has 0 radical (unpaired) electrons. The van der Waals surface area contributed by atoms with Crippen LogP contribution in [0, 0.1) is 12.7 Å². The van der Waals surface area contributed by atoms with Gasteiger partial charge < -0.3 is 9.84 Å². The molecule has 0 fully saturated rings. The van der Waals surface area contributed by atoms with Crippen molar-refractivity contribution in [3.05, 3.63) is 52.1 Å². The Morgan fingerprint density at radius 3 is 2.81 bits per heavy atom. The Balaban J connectivity index is 2.47. The van der Waals surface area contributed by atoms with Crippen molar-refractivity contribution in [2.45, 2.75) is 26.0 Å². The normalized spacial score (nSPS) is 14.2. The summed E-state index contributed by atoms with van der Waals surface area (Å²) in [6, 6.07) is 4.63. The summed E-state index contributed by atoms with van der Waals surface area (Å²) >= 11 is 6.15. The van der Waals surface area contributed by atoms with Gasteiger partial charge >= 0.3 is 0 Å². The van der Waals surface area contributed by atoms with Gasteiger partial charge in [0.2, 0.25) is 0 Å². The van der Waals surface area contributed by atoms with Gasteiger partial charge in [0, 0.05) is 7.11 Å². The number of methoxy groups -OCH3 is 1. The van der Waals surface area contributed by atoms with Crippen LogP contribution in [0.3, 0.4) is 0 Å². The van der Waals surface area contributed by atoms with E-state index in [0.717, 1.165) is 0 Å². The van der Waals surface area contributed by atoms with E-state index in [-0.39, 0.29) is 5.82 Å². The standard InChI is InChI=1S/C15H18ClFN2O2/c1-10-4-5-11(8-13(10)17)15(2,20)14-12(16)9-18-19(14)6-7-21-3/h4-5,8-9,20H,6-7H2,1-3H3. The topological polar surface area (TPSA) is 47.3 Å². The maximum atomic E-state index is 13.8. The summed E-state index contributed by atoms with van der Waals surface area (Å²) in [6.45, 7) is 4.12. The predicted octanol–water partition coefficient (Wildman–Crippen LogP) is 2.89. The molecule has 1 heterocycles. The summed E-state index contributed by atoms with van der Waals surface area (Å²) in [5.41, 5.74) is -0.0831. The van der Waals surface area contributed by atoms with Crippen LogP contribution in [0.25, 0.3) is 0 Å². The van der Waals surface area contributed by atoms with E-state index in [1.165, 1.54) is 12.3 Å². The first-order valence-corrected chi connectivity index (χ1v) is 6.95. The maximum Gasteiger partial charge on any atom is 0.130 e. The molecule has 21 heavy (non-hydrogen) atoms. The first-order chi connectivity index (χ1) is 9.87. The van der Waals surface area contributed by atoms with Crippen LogP contribution in [0.15, 0.2) is 24.4 Å². The molecule has 2 aromatic rings. The highest BCUT2D eigenvalue weighted by molar-refractivity contribution is 6.31. The Bertz CT molecular complexity index is 641. The molecule has 4 nitrogen and oxygen atoms in total. The minimum absolute atomic E-state index is 0.331. The number of halogens is 2. The minimum atomic E-state index is -1.45. The van der Waals surface area contributed by atoms with E-state index >= 15 is 0 Å². The van der Waals surface area contributed by atoms with Gasteiger partial charge in [-0.25, -0.2) is 4.39 Å². The van der Waals surface area contributed by atoms with Crippen molar-refractivity contribution >= 4 is 11.6 Å². The van der Waals surface area contributed by atoms with E-state index in [1.807, 2.05) is 0 Å². The van der Waals surface area contributed by atoms with Crippen molar-refractivity contribution in [2.75, 3.05) is 13.7 Å². The van der Waals surface area contributed by atoms with Crippen molar-refractivity contribution in [3.8, 4) is 0 Å². The van der Waals surface area contributed by atoms with Crippen LogP contribution < -0.4 is 0 Å². The summed E-state index contributed by atoms with van der Waals surface area (Å²) in [5, 5.41) is 15.3. The van der Waals surface area contributed by atoms with E-state index in [4.69, 9.17) is 16.3 Å². The summed E-state index contributed by atoms with van der Waals surface area (Å²) < 4.78 is 20.4. The second kappa shape index (κ2) is 6.13. The molecule has 0 aliphatic rings. The van der Waals surface area contributed by atoms with Gasteiger partial charge in [-0.15, -0.1) is 0 Å². The van der Waals surface area contributed by atoms with Gasteiger partial charge in [-0.05, 0) is 31.0 Å². The zero-order valence-electron chi connectivity index (χ0n) is 12.2. The van der Waals surface area contributed by atoms with E-state index in [1.54, 1.807) is 37.8 Å². The lowest BCUT2D eigenvalue weighted by Crippen LogP contribution is -2.28. The number of aliphatic hydroxyl groups is 1. The van der Waals surface area contributed by atoms with Gasteiger partial charge in [-0.2, -0.15) is 5.10 Å². The van der Waals surface area contributed by atoms with Gasteiger partial charge in [-0.3, -0.25) is 4.68 Å². The fourth-order valence-corrected chi connectivity index (χ4v) is 2.55. The molecule has 0 amide bonds. The molecule has 0 bridgehead atoms. The smallest absolute Gasteiger partial charge is 0.130 e. The second-order valence-electron chi connectivity index (χ2n) is 5.09. The molecule has 114 valence electrons. The van der Waals surface area contributed by atoms with Crippen molar-refractivity contribution in [2.24, 2.45) is 0 Å². The van der Waals surface area contributed by atoms with Crippen LogP contribution in [-0.2, 0) is 16.9 Å². The zero-order chi connectivity index (χ0) is 15.6. The Labute approximate surface area is 128 Å². The molecule has 0 spiro atoms. The molecule has 0 saturated carbocycles. The van der Waals surface area contributed by atoms with Crippen molar-refractivity contribution in [3.63, 3.8) is 0 Å².